The number of fused-ring (bicyclic) bond motifs is 8. The second-order valence-electron chi connectivity index (χ2n) is 14.4. The lowest BCUT2D eigenvalue weighted by Crippen LogP contribution is -2.17. The lowest BCUT2D eigenvalue weighted by molar-refractivity contribution is 0.670. The maximum atomic E-state index is 6.41. The summed E-state index contributed by atoms with van der Waals surface area (Å²) < 4.78 is 9.06. The van der Waals surface area contributed by atoms with Gasteiger partial charge in [-0.2, -0.15) is 0 Å². The van der Waals surface area contributed by atoms with Crippen LogP contribution in [0, 0.1) is 0 Å². The van der Waals surface area contributed by atoms with Gasteiger partial charge in [0, 0.05) is 59.5 Å². The molecular formula is C52H35NOS. The minimum absolute atomic E-state index is 0.362. The molecule has 2 aromatic heterocycles. The van der Waals surface area contributed by atoms with Gasteiger partial charge in [-0.25, -0.2) is 0 Å². The van der Waals surface area contributed by atoms with Gasteiger partial charge >= 0.3 is 0 Å². The van der Waals surface area contributed by atoms with Gasteiger partial charge in [-0.1, -0.05) is 140 Å². The largest absolute Gasteiger partial charge is 0.455 e. The number of hydrogen-bond acceptors (Lipinski definition) is 3. The van der Waals surface area contributed by atoms with Crippen molar-refractivity contribution in [1.82, 2.24) is 0 Å². The molecule has 260 valence electrons. The molecule has 1 aliphatic carbocycles. The number of anilines is 2. The first kappa shape index (κ1) is 31.8. The number of furan rings is 1. The number of benzene rings is 8. The summed E-state index contributed by atoms with van der Waals surface area (Å²) in [5.74, 6) is 0.362. The Hall–Kier alpha value is -6.68. The Morgan fingerprint density at radius 3 is 2.02 bits per heavy atom. The first-order valence-corrected chi connectivity index (χ1v) is 19.8. The van der Waals surface area contributed by atoms with E-state index < -0.39 is 0 Å². The van der Waals surface area contributed by atoms with E-state index in [0.717, 1.165) is 50.9 Å². The molecule has 0 N–H and O–H groups in total. The van der Waals surface area contributed by atoms with Crippen molar-refractivity contribution in [3.05, 3.63) is 205 Å². The molecule has 0 saturated carbocycles. The Morgan fingerprint density at radius 2 is 1.22 bits per heavy atom. The van der Waals surface area contributed by atoms with Gasteiger partial charge in [0.1, 0.15) is 11.2 Å². The summed E-state index contributed by atoms with van der Waals surface area (Å²) in [7, 11) is 0. The lowest BCUT2D eigenvalue weighted by atomic mass is 9.91. The average Bonchev–Trinajstić information content (AvgIpc) is 3.83. The van der Waals surface area contributed by atoms with Crippen LogP contribution in [0.4, 0.5) is 11.4 Å². The van der Waals surface area contributed by atoms with Crippen LogP contribution in [0.2, 0.25) is 0 Å². The molecule has 55 heavy (non-hydrogen) atoms. The zero-order chi connectivity index (χ0) is 36.3. The quantitative estimate of drug-likeness (QED) is 0.170. The van der Waals surface area contributed by atoms with Crippen LogP contribution >= 0.6 is 11.3 Å². The lowest BCUT2D eigenvalue weighted by Gasteiger charge is -2.29. The van der Waals surface area contributed by atoms with Gasteiger partial charge in [-0.15, -0.1) is 11.3 Å². The van der Waals surface area contributed by atoms with E-state index in [0.29, 0.717) is 5.92 Å². The second kappa shape index (κ2) is 13.0. The zero-order valence-electron chi connectivity index (χ0n) is 30.0. The van der Waals surface area contributed by atoms with Crippen molar-refractivity contribution >= 4 is 75.6 Å². The predicted octanol–water partition coefficient (Wildman–Crippen LogP) is 15.2. The molecule has 0 saturated heterocycles. The maximum Gasteiger partial charge on any atom is 0.143 e. The topological polar surface area (TPSA) is 16.4 Å². The summed E-state index contributed by atoms with van der Waals surface area (Å²) in [5, 5.41) is 7.57. The normalized spacial score (nSPS) is 14.3. The Labute approximate surface area is 323 Å². The minimum Gasteiger partial charge on any atom is -0.455 e. The van der Waals surface area contributed by atoms with Crippen molar-refractivity contribution < 1.29 is 4.42 Å². The molecule has 0 radical (unpaired) electrons. The van der Waals surface area contributed by atoms with Crippen molar-refractivity contribution in [2.24, 2.45) is 0 Å². The highest BCUT2D eigenvalue weighted by Crippen LogP contribution is 2.42. The predicted molar refractivity (Wildman–Crippen MR) is 235 cm³/mol. The summed E-state index contributed by atoms with van der Waals surface area (Å²) >= 11 is 1.87. The molecule has 11 rings (SSSR count). The highest BCUT2D eigenvalue weighted by Gasteiger charge is 2.20. The Bertz CT molecular complexity index is 3110. The molecule has 0 bridgehead atoms. The average molecular weight is 722 g/mol. The van der Waals surface area contributed by atoms with Crippen molar-refractivity contribution in [3.8, 4) is 22.3 Å². The number of rotatable bonds is 6. The molecule has 0 spiro atoms. The molecule has 3 heteroatoms. The molecule has 10 aromatic rings. The summed E-state index contributed by atoms with van der Waals surface area (Å²) in [5.41, 5.74) is 11.3. The van der Waals surface area contributed by atoms with Gasteiger partial charge in [0.05, 0.1) is 0 Å². The zero-order valence-corrected chi connectivity index (χ0v) is 30.8. The molecule has 2 nitrogen and oxygen atoms in total. The summed E-state index contributed by atoms with van der Waals surface area (Å²) in [4.78, 5) is 2.38. The highest BCUT2D eigenvalue weighted by molar-refractivity contribution is 7.26. The van der Waals surface area contributed by atoms with Crippen LogP contribution < -0.4 is 4.90 Å². The SMILES string of the molecule is C1=CC(c2ccccc2)CC=C1N(c1ccc(-c2ccc3sc4ccc5ccccc5c4c3c2)cc1)c1ccc(-c2cccc3c2oc2ccccc23)cc1. The summed E-state index contributed by atoms with van der Waals surface area (Å²) in [6.07, 6.45) is 7.97. The van der Waals surface area contributed by atoms with Crippen LogP contribution in [0.15, 0.2) is 204 Å². The summed E-state index contributed by atoms with van der Waals surface area (Å²) in [6.45, 7) is 0. The van der Waals surface area contributed by atoms with E-state index >= 15 is 0 Å². The van der Waals surface area contributed by atoms with Gasteiger partial charge in [-0.3, -0.25) is 0 Å². The minimum atomic E-state index is 0.362. The van der Waals surface area contributed by atoms with Gasteiger partial charge in [-0.05, 0) is 94.1 Å². The van der Waals surface area contributed by atoms with Gasteiger partial charge in [0.25, 0.3) is 0 Å². The van der Waals surface area contributed by atoms with Crippen LogP contribution in [0.5, 0.6) is 0 Å². The second-order valence-corrected chi connectivity index (χ2v) is 15.5. The van der Waals surface area contributed by atoms with Crippen molar-refractivity contribution in [3.63, 3.8) is 0 Å². The van der Waals surface area contributed by atoms with Crippen LogP contribution in [0.25, 0.3) is 75.1 Å². The third-order valence-corrected chi connectivity index (χ3v) is 12.4. The Kier molecular flexibility index (Phi) is 7.53. The van der Waals surface area contributed by atoms with E-state index in [1.54, 1.807) is 0 Å². The molecule has 0 fully saturated rings. The molecule has 0 amide bonds. The van der Waals surface area contributed by atoms with E-state index in [4.69, 9.17) is 4.42 Å². The maximum absolute atomic E-state index is 6.41. The van der Waals surface area contributed by atoms with E-state index in [-0.39, 0.29) is 0 Å². The van der Waals surface area contributed by atoms with Crippen LogP contribution in [0.1, 0.15) is 17.9 Å². The molecule has 1 aliphatic rings. The molecule has 1 atom stereocenters. The third-order valence-electron chi connectivity index (χ3n) is 11.2. The molecule has 2 heterocycles. The number of allylic oxidation sites excluding steroid dienone is 3. The van der Waals surface area contributed by atoms with Crippen molar-refractivity contribution in [1.29, 1.82) is 0 Å². The van der Waals surface area contributed by atoms with E-state index in [1.807, 2.05) is 23.5 Å². The van der Waals surface area contributed by atoms with Crippen molar-refractivity contribution in [2.75, 3.05) is 4.90 Å². The van der Waals surface area contributed by atoms with Crippen LogP contribution in [-0.4, -0.2) is 0 Å². The number of para-hydroxylation sites is 2. The van der Waals surface area contributed by atoms with Crippen molar-refractivity contribution in [2.45, 2.75) is 12.3 Å². The fourth-order valence-corrected chi connectivity index (χ4v) is 9.57. The standard InChI is InChI=1S/C52H35NOS/c1-2-9-34(10-3-1)35-17-25-40(26-18-35)53(42-29-21-38(22-30-42)44-14-8-15-46-45-13-6-7-16-48(45)54-52(44)46)41-27-19-36(20-28-41)39-24-31-49-47(33-39)51-43-12-5-4-11-37(43)23-32-50(51)55-49/h1-17,19-33,35H,18H2. The first-order valence-electron chi connectivity index (χ1n) is 18.9. The molecule has 8 aromatic carbocycles. The smallest absolute Gasteiger partial charge is 0.143 e. The van der Waals surface area contributed by atoms with E-state index in [1.165, 1.54) is 53.3 Å². The molecule has 1 unspecified atom stereocenters. The molecule has 0 aliphatic heterocycles. The van der Waals surface area contributed by atoms with Crippen LogP contribution in [0.3, 0.4) is 0 Å². The highest BCUT2D eigenvalue weighted by atomic mass is 32.1. The van der Waals surface area contributed by atoms with E-state index in [9.17, 15) is 0 Å². The fraction of sp³-hybridized carbons (Fsp3) is 0.0385. The number of nitrogens with zero attached hydrogens (tertiary/aromatic N) is 1. The Morgan fingerprint density at radius 1 is 0.527 bits per heavy atom. The monoisotopic (exact) mass is 721 g/mol. The van der Waals surface area contributed by atoms with Gasteiger partial charge < -0.3 is 9.32 Å². The van der Waals surface area contributed by atoms with Gasteiger partial charge in [0.15, 0.2) is 0 Å². The van der Waals surface area contributed by atoms with Crippen LogP contribution in [-0.2, 0) is 0 Å². The van der Waals surface area contributed by atoms with Gasteiger partial charge in [0.2, 0.25) is 0 Å². The summed E-state index contributed by atoms with van der Waals surface area (Å²) in [6, 6.07) is 63.7. The Balaban J connectivity index is 0.971. The number of hydrogen-bond donors (Lipinski definition) is 0. The number of thiophene rings is 1. The first-order chi connectivity index (χ1) is 27.2. The fourth-order valence-electron chi connectivity index (χ4n) is 8.46. The molecular weight excluding hydrogens is 687 g/mol. The van der Waals surface area contributed by atoms with E-state index in [2.05, 4.69) is 187 Å². The third kappa shape index (κ3) is 5.47.